The first-order valence-corrected chi connectivity index (χ1v) is 9.08. The van der Waals surface area contributed by atoms with Crippen molar-refractivity contribution < 1.29 is 14.3 Å². The Morgan fingerprint density at radius 1 is 1.33 bits per heavy atom. The average molecular weight is 373 g/mol. The highest BCUT2D eigenvalue weighted by molar-refractivity contribution is 5.68. The van der Waals surface area contributed by atoms with Crippen molar-refractivity contribution in [3.05, 3.63) is 18.0 Å². The Labute approximate surface area is 156 Å². The molecule has 0 spiro atoms. The second-order valence-corrected chi connectivity index (χ2v) is 7.35. The highest BCUT2D eigenvalue weighted by Crippen LogP contribution is 2.39. The van der Waals surface area contributed by atoms with Crippen LogP contribution in [-0.2, 0) is 4.74 Å². The number of methoxy groups -OCH3 is 1. The fourth-order valence-corrected chi connectivity index (χ4v) is 3.27. The van der Waals surface area contributed by atoms with Gasteiger partial charge in [0.2, 0.25) is 0 Å². The van der Waals surface area contributed by atoms with E-state index < -0.39 is 0 Å². The minimum Gasteiger partial charge on any atom is -0.466 e. The number of aromatic nitrogens is 5. The quantitative estimate of drug-likeness (QED) is 0.704. The summed E-state index contributed by atoms with van der Waals surface area (Å²) in [7, 11) is 1.48. The van der Waals surface area contributed by atoms with Crippen LogP contribution in [0.2, 0.25) is 0 Å². The number of nitrogens with zero attached hydrogens (tertiary/aromatic N) is 4. The molecule has 2 aromatic heterocycles. The molecule has 27 heavy (non-hydrogen) atoms. The Morgan fingerprint density at radius 3 is 2.96 bits per heavy atom. The van der Waals surface area contributed by atoms with E-state index in [2.05, 4.69) is 36.0 Å². The minimum atomic E-state index is -0.308. The maximum atomic E-state index is 12.0. The van der Waals surface area contributed by atoms with Gasteiger partial charge >= 0.3 is 12.1 Å². The summed E-state index contributed by atoms with van der Waals surface area (Å²) < 4.78 is 10.4. The van der Waals surface area contributed by atoms with Crippen LogP contribution in [0.25, 0.3) is 0 Å². The zero-order valence-electron chi connectivity index (χ0n) is 15.4. The van der Waals surface area contributed by atoms with E-state index in [1.165, 1.54) is 13.3 Å². The van der Waals surface area contributed by atoms with Gasteiger partial charge in [-0.05, 0) is 39.0 Å². The molecule has 1 amide bonds. The van der Waals surface area contributed by atoms with Crippen molar-refractivity contribution in [2.45, 2.75) is 56.6 Å². The summed E-state index contributed by atoms with van der Waals surface area (Å²) in [5.41, 5.74) is 0.781. The fourth-order valence-electron chi connectivity index (χ4n) is 3.27. The molecular weight excluding hydrogens is 350 g/mol. The molecule has 2 unspecified atom stereocenters. The second kappa shape index (κ2) is 7.01. The fraction of sp³-hybridized carbons (Fsp3) is 0.588. The molecule has 0 aliphatic heterocycles. The van der Waals surface area contributed by atoms with Crippen molar-refractivity contribution in [1.82, 2.24) is 30.7 Å². The normalized spacial score (nSPS) is 22.9. The van der Waals surface area contributed by atoms with Gasteiger partial charge < -0.3 is 20.1 Å². The number of anilines is 2. The first-order valence-electron chi connectivity index (χ1n) is 9.08. The van der Waals surface area contributed by atoms with Crippen LogP contribution in [-0.4, -0.2) is 50.2 Å². The molecule has 2 aliphatic carbocycles. The maximum absolute atomic E-state index is 12.0. The summed E-state index contributed by atoms with van der Waals surface area (Å²) in [6.45, 7) is 1.96. The van der Waals surface area contributed by atoms with Gasteiger partial charge in [-0.15, -0.1) is 0 Å². The van der Waals surface area contributed by atoms with Crippen molar-refractivity contribution in [3.63, 3.8) is 0 Å². The molecule has 0 aromatic carbocycles. The number of hydrogen-bond acceptors (Lipinski definition) is 8. The molecule has 2 heterocycles. The zero-order chi connectivity index (χ0) is 18.9. The van der Waals surface area contributed by atoms with Gasteiger partial charge in [-0.1, -0.05) is 5.10 Å². The predicted octanol–water partition coefficient (Wildman–Crippen LogP) is 2.26. The van der Waals surface area contributed by atoms with Gasteiger partial charge in [0, 0.05) is 23.7 Å². The highest BCUT2D eigenvalue weighted by atomic mass is 16.6. The molecule has 10 heteroatoms. The molecule has 2 saturated carbocycles. The van der Waals surface area contributed by atoms with Crippen LogP contribution in [0.15, 0.2) is 12.3 Å². The van der Waals surface area contributed by atoms with Gasteiger partial charge in [0.15, 0.2) is 11.6 Å². The van der Waals surface area contributed by atoms with Crippen LogP contribution in [0.5, 0.6) is 6.01 Å². The van der Waals surface area contributed by atoms with Crippen LogP contribution >= 0.6 is 0 Å². The molecule has 3 N–H and O–H groups in total. The Balaban J connectivity index is 1.31. The molecule has 2 fully saturated rings. The van der Waals surface area contributed by atoms with Gasteiger partial charge in [0.25, 0.3) is 0 Å². The third-order valence-electron chi connectivity index (χ3n) is 5.06. The molecule has 2 aromatic rings. The number of H-pyrrole nitrogens is 1. The van der Waals surface area contributed by atoms with Gasteiger partial charge in [0.05, 0.1) is 13.3 Å². The SMILES string of the molecule is COc1nncc(Nc2cc(C3CCC(NC(=O)OC4(C)CC4)C3)[nH]n2)n1. The molecule has 0 bridgehead atoms. The molecule has 0 radical (unpaired) electrons. The van der Waals surface area contributed by atoms with E-state index in [-0.39, 0.29) is 23.7 Å². The van der Waals surface area contributed by atoms with Gasteiger partial charge in [-0.25, -0.2) is 4.79 Å². The Bertz CT molecular complexity index is 820. The smallest absolute Gasteiger partial charge is 0.407 e. The third kappa shape index (κ3) is 4.26. The number of amides is 1. The second-order valence-electron chi connectivity index (χ2n) is 7.35. The van der Waals surface area contributed by atoms with Crippen LogP contribution < -0.4 is 15.4 Å². The van der Waals surface area contributed by atoms with E-state index >= 15 is 0 Å². The Hall–Kier alpha value is -2.91. The van der Waals surface area contributed by atoms with Gasteiger partial charge in [-0.2, -0.15) is 15.2 Å². The lowest BCUT2D eigenvalue weighted by Crippen LogP contribution is -2.35. The zero-order valence-corrected chi connectivity index (χ0v) is 15.4. The van der Waals surface area contributed by atoms with E-state index in [0.717, 1.165) is 37.8 Å². The lowest BCUT2D eigenvalue weighted by Gasteiger charge is -2.16. The number of rotatable bonds is 6. The molecule has 4 rings (SSSR count). The van der Waals surface area contributed by atoms with E-state index in [9.17, 15) is 4.79 Å². The molecule has 2 aliphatic rings. The molecule has 0 saturated heterocycles. The summed E-state index contributed by atoms with van der Waals surface area (Å²) in [6.07, 6.45) is 5.85. The van der Waals surface area contributed by atoms with E-state index in [1.807, 2.05) is 13.0 Å². The number of carbonyl (C=O) groups excluding carboxylic acids is 1. The maximum Gasteiger partial charge on any atom is 0.407 e. The van der Waals surface area contributed by atoms with Crippen LogP contribution in [0.3, 0.4) is 0 Å². The largest absolute Gasteiger partial charge is 0.466 e. The predicted molar refractivity (Wildman–Crippen MR) is 95.9 cm³/mol. The summed E-state index contributed by atoms with van der Waals surface area (Å²) in [6, 6.07) is 2.26. The van der Waals surface area contributed by atoms with E-state index in [0.29, 0.717) is 17.6 Å². The molecule has 144 valence electrons. The third-order valence-corrected chi connectivity index (χ3v) is 5.06. The summed E-state index contributed by atoms with van der Waals surface area (Å²) in [4.78, 5) is 16.1. The van der Waals surface area contributed by atoms with Crippen LogP contribution in [0, 0.1) is 0 Å². The Morgan fingerprint density at radius 2 is 2.19 bits per heavy atom. The average Bonchev–Trinajstić information content (AvgIpc) is 3.02. The molecular formula is C17H23N7O3. The molecule has 2 atom stereocenters. The first-order chi connectivity index (χ1) is 13.0. The van der Waals surface area contributed by atoms with E-state index in [1.54, 1.807) is 0 Å². The number of alkyl carbamates (subject to hydrolysis) is 1. The summed E-state index contributed by atoms with van der Waals surface area (Å²) in [5.74, 6) is 1.46. The first kappa shape index (κ1) is 17.5. The van der Waals surface area contributed by atoms with E-state index in [4.69, 9.17) is 9.47 Å². The number of hydrogen-bond donors (Lipinski definition) is 3. The number of ether oxygens (including phenoxy) is 2. The van der Waals surface area contributed by atoms with Crippen molar-refractivity contribution in [2.75, 3.05) is 12.4 Å². The number of aromatic amines is 1. The molecule has 10 nitrogen and oxygen atoms in total. The lowest BCUT2D eigenvalue weighted by atomic mass is 10.0. The Kier molecular flexibility index (Phi) is 4.54. The summed E-state index contributed by atoms with van der Waals surface area (Å²) >= 11 is 0. The van der Waals surface area contributed by atoms with Crippen molar-refractivity contribution in [1.29, 1.82) is 0 Å². The monoisotopic (exact) mass is 373 g/mol. The van der Waals surface area contributed by atoms with Crippen LogP contribution in [0.4, 0.5) is 16.4 Å². The minimum absolute atomic E-state index is 0.125. The van der Waals surface area contributed by atoms with Crippen molar-refractivity contribution in [3.8, 4) is 6.01 Å². The van der Waals surface area contributed by atoms with Crippen LogP contribution in [0.1, 0.15) is 50.6 Å². The van der Waals surface area contributed by atoms with Gasteiger partial charge in [-0.3, -0.25) is 5.10 Å². The van der Waals surface area contributed by atoms with Crippen molar-refractivity contribution in [2.24, 2.45) is 0 Å². The summed E-state index contributed by atoms with van der Waals surface area (Å²) in [5, 5.41) is 20.9. The number of carbonyl (C=O) groups is 1. The topological polar surface area (TPSA) is 127 Å². The standard InChI is InChI=1S/C17H23N7O3/c1-17(5-6-17)27-16(25)19-11-4-3-10(7-11)12-8-13(23-22-12)20-14-9-18-24-15(21-14)26-2/h8-11H,3-7H2,1-2H3,(H,19,25)(H2,20,21,22,23,24). The van der Waals surface area contributed by atoms with Gasteiger partial charge in [0.1, 0.15) is 5.60 Å². The van der Waals surface area contributed by atoms with Crippen molar-refractivity contribution >= 4 is 17.7 Å². The highest BCUT2D eigenvalue weighted by Gasteiger charge is 2.42. The number of nitrogens with one attached hydrogen (secondary N) is 3. The lowest BCUT2D eigenvalue weighted by molar-refractivity contribution is 0.0904.